The predicted molar refractivity (Wildman–Crippen MR) is 67.2 cm³/mol. The van der Waals surface area contributed by atoms with Crippen LogP contribution in [0.25, 0.3) is 10.2 Å². The average molecular weight is 235 g/mol. The van der Waals surface area contributed by atoms with Gasteiger partial charge in [0, 0.05) is 7.05 Å². The Labute approximate surface area is 97.7 Å². The molecule has 1 aromatic carbocycles. The zero-order valence-electron chi connectivity index (χ0n) is 9.42. The van der Waals surface area contributed by atoms with E-state index >= 15 is 0 Å². The Morgan fingerprint density at radius 2 is 2.12 bits per heavy atom. The van der Waals surface area contributed by atoms with E-state index in [9.17, 15) is 4.79 Å². The number of aromatic nitrogens is 1. The number of urea groups is 1. The predicted octanol–water partition coefficient (Wildman–Crippen LogP) is 2.66. The van der Waals surface area contributed by atoms with Crippen molar-refractivity contribution in [1.29, 1.82) is 0 Å². The first-order chi connectivity index (χ1) is 7.60. The number of fused-ring (bicyclic) bond motifs is 1. The molecule has 84 valence electrons. The molecule has 0 radical (unpaired) electrons. The molecule has 4 nitrogen and oxygen atoms in total. The molecule has 0 aliphatic carbocycles. The monoisotopic (exact) mass is 235 g/mol. The van der Waals surface area contributed by atoms with Crippen LogP contribution in [0.3, 0.4) is 0 Å². The molecule has 0 saturated heterocycles. The molecule has 2 rings (SSSR count). The summed E-state index contributed by atoms with van der Waals surface area (Å²) in [6, 6.07) is 3.89. The van der Waals surface area contributed by atoms with Gasteiger partial charge in [0.05, 0.1) is 10.2 Å². The van der Waals surface area contributed by atoms with Crippen LogP contribution in [0.15, 0.2) is 12.1 Å². The summed E-state index contributed by atoms with van der Waals surface area (Å²) in [6.45, 7) is 4.09. The molecule has 0 aliphatic heterocycles. The zero-order valence-corrected chi connectivity index (χ0v) is 10.2. The van der Waals surface area contributed by atoms with Crippen molar-refractivity contribution in [2.75, 3.05) is 12.4 Å². The standard InChI is InChI=1S/C11H13N3OS/c1-6-4-7(2)9-8(5-6)13-11(16-9)14-10(15)12-3/h4-5H,1-3H3,(H2,12,13,14,15). The van der Waals surface area contributed by atoms with Crippen LogP contribution >= 0.6 is 11.3 Å². The normalized spacial score (nSPS) is 10.4. The molecular weight excluding hydrogens is 222 g/mol. The quantitative estimate of drug-likeness (QED) is 0.798. The molecule has 0 fully saturated rings. The fourth-order valence-electron chi connectivity index (χ4n) is 1.59. The first kappa shape index (κ1) is 10.9. The van der Waals surface area contributed by atoms with Crippen LogP contribution in [0, 0.1) is 13.8 Å². The third-order valence-electron chi connectivity index (χ3n) is 2.27. The highest BCUT2D eigenvalue weighted by Gasteiger charge is 2.08. The molecule has 0 atom stereocenters. The summed E-state index contributed by atoms with van der Waals surface area (Å²) in [7, 11) is 1.58. The van der Waals surface area contributed by atoms with Crippen molar-refractivity contribution in [3.05, 3.63) is 23.3 Å². The Hall–Kier alpha value is -1.62. The first-order valence-electron chi connectivity index (χ1n) is 4.96. The minimum Gasteiger partial charge on any atom is -0.341 e. The number of aryl methyl sites for hydroxylation is 2. The number of hydrogen-bond donors (Lipinski definition) is 2. The summed E-state index contributed by atoms with van der Waals surface area (Å²) < 4.78 is 1.12. The lowest BCUT2D eigenvalue weighted by atomic mass is 10.1. The van der Waals surface area contributed by atoms with Crippen molar-refractivity contribution in [1.82, 2.24) is 10.3 Å². The number of carbonyl (C=O) groups is 1. The molecule has 0 aliphatic rings. The van der Waals surface area contributed by atoms with Gasteiger partial charge in [-0.2, -0.15) is 0 Å². The van der Waals surface area contributed by atoms with E-state index in [0.717, 1.165) is 10.2 Å². The third-order valence-corrected chi connectivity index (χ3v) is 3.39. The summed E-state index contributed by atoms with van der Waals surface area (Å²) >= 11 is 1.49. The minimum absolute atomic E-state index is 0.242. The molecule has 5 heteroatoms. The molecular formula is C11H13N3OS. The van der Waals surface area contributed by atoms with Crippen molar-refractivity contribution in [3.63, 3.8) is 0 Å². The molecule has 16 heavy (non-hydrogen) atoms. The van der Waals surface area contributed by atoms with E-state index in [1.54, 1.807) is 7.05 Å². The molecule has 2 amide bonds. The van der Waals surface area contributed by atoms with Crippen LogP contribution in [0.1, 0.15) is 11.1 Å². The van der Waals surface area contributed by atoms with E-state index in [-0.39, 0.29) is 6.03 Å². The lowest BCUT2D eigenvalue weighted by Crippen LogP contribution is -2.24. The second-order valence-electron chi connectivity index (χ2n) is 3.65. The number of nitrogens with zero attached hydrogens (tertiary/aromatic N) is 1. The molecule has 0 saturated carbocycles. The Morgan fingerprint density at radius 3 is 2.81 bits per heavy atom. The Morgan fingerprint density at radius 1 is 1.38 bits per heavy atom. The van der Waals surface area contributed by atoms with Crippen molar-refractivity contribution in [2.24, 2.45) is 0 Å². The molecule has 0 bridgehead atoms. The van der Waals surface area contributed by atoms with Gasteiger partial charge in [-0.25, -0.2) is 9.78 Å². The van der Waals surface area contributed by atoms with E-state index in [0.29, 0.717) is 5.13 Å². The maximum Gasteiger partial charge on any atom is 0.320 e. The fourth-order valence-corrected chi connectivity index (χ4v) is 2.50. The van der Waals surface area contributed by atoms with Gasteiger partial charge in [-0.05, 0) is 31.0 Å². The van der Waals surface area contributed by atoms with Crippen molar-refractivity contribution in [2.45, 2.75) is 13.8 Å². The van der Waals surface area contributed by atoms with E-state index in [1.165, 1.54) is 22.5 Å². The molecule has 2 aromatic rings. The average Bonchev–Trinajstić information content (AvgIpc) is 2.60. The van der Waals surface area contributed by atoms with Crippen molar-refractivity contribution < 1.29 is 4.79 Å². The van der Waals surface area contributed by atoms with Crippen molar-refractivity contribution in [3.8, 4) is 0 Å². The number of carbonyl (C=O) groups excluding carboxylic acids is 1. The zero-order chi connectivity index (χ0) is 11.7. The third kappa shape index (κ3) is 1.99. The lowest BCUT2D eigenvalue weighted by Gasteiger charge is -1.97. The van der Waals surface area contributed by atoms with Gasteiger partial charge in [0.15, 0.2) is 5.13 Å². The van der Waals surface area contributed by atoms with Crippen LogP contribution in [0.4, 0.5) is 9.93 Å². The van der Waals surface area contributed by atoms with Gasteiger partial charge in [0.25, 0.3) is 0 Å². The summed E-state index contributed by atoms with van der Waals surface area (Å²) in [5.74, 6) is 0. The highest BCUT2D eigenvalue weighted by atomic mass is 32.1. The highest BCUT2D eigenvalue weighted by Crippen LogP contribution is 2.29. The van der Waals surface area contributed by atoms with E-state index in [4.69, 9.17) is 0 Å². The van der Waals surface area contributed by atoms with E-state index in [2.05, 4.69) is 28.6 Å². The number of amides is 2. The van der Waals surface area contributed by atoms with Crippen LogP contribution in [0.2, 0.25) is 0 Å². The second kappa shape index (κ2) is 4.09. The molecule has 0 unspecified atom stereocenters. The van der Waals surface area contributed by atoms with Crippen LogP contribution in [-0.4, -0.2) is 18.1 Å². The molecule has 1 heterocycles. The van der Waals surface area contributed by atoms with Gasteiger partial charge in [-0.1, -0.05) is 17.4 Å². The highest BCUT2D eigenvalue weighted by molar-refractivity contribution is 7.22. The fraction of sp³-hybridized carbons (Fsp3) is 0.273. The Kier molecular flexibility index (Phi) is 2.78. The number of hydrogen-bond acceptors (Lipinski definition) is 3. The minimum atomic E-state index is -0.242. The van der Waals surface area contributed by atoms with E-state index in [1.807, 2.05) is 13.0 Å². The van der Waals surface area contributed by atoms with E-state index < -0.39 is 0 Å². The number of thiazole rings is 1. The SMILES string of the molecule is CNC(=O)Nc1nc2cc(C)cc(C)c2s1. The summed E-state index contributed by atoms with van der Waals surface area (Å²) in [5.41, 5.74) is 3.31. The second-order valence-corrected chi connectivity index (χ2v) is 4.65. The Balaban J connectivity index is 2.44. The van der Waals surface area contributed by atoms with Crippen LogP contribution in [0.5, 0.6) is 0 Å². The van der Waals surface area contributed by atoms with Gasteiger partial charge in [-0.3, -0.25) is 5.32 Å². The smallest absolute Gasteiger partial charge is 0.320 e. The maximum absolute atomic E-state index is 11.2. The topological polar surface area (TPSA) is 54.0 Å². The first-order valence-corrected chi connectivity index (χ1v) is 5.78. The van der Waals surface area contributed by atoms with Gasteiger partial charge < -0.3 is 5.32 Å². The van der Waals surface area contributed by atoms with Gasteiger partial charge in [0.2, 0.25) is 0 Å². The number of nitrogens with one attached hydrogen (secondary N) is 2. The van der Waals surface area contributed by atoms with Gasteiger partial charge >= 0.3 is 6.03 Å². The maximum atomic E-state index is 11.2. The summed E-state index contributed by atoms with van der Waals surface area (Å²) in [4.78, 5) is 15.5. The number of rotatable bonds is 1. The van der Waals surface area contributed by atoms with Gasteiger partial charge in [-0.15, -0.1) is 0 Å². The summed E-state index contributed by atoms with van der Waals surface area (Å²) in [5, 5.41) is 5.81. The summed E-state index contributed by atoms with van der Waals surface area (Å²) in [6.07, 6.45) is 0. The Bertz CT molecular complexity index is 547. The molecule has 1 aromatic heterocycles. The number of anilines is 1. The lowest BCUT2D eigenvalue weighted by molar-refractivity contribution is 0.254. The van der Waals surface area contributed by atoms with Crippen LogP contribution in [-0.2, 0) is 0 Å². The largest absolute Gasteiger partial charge is 0.341 e. The molecule has 0 spiro atoms. The molecule has 2 N–H and O–H groups in total. The number of benzene rings is 1. The van der Waals surface area contributed by atoms with Gasteiger partial charge in [0.1, 0.15) is 0 Å². The van der Waals surface area contributed by atoms with Crippen LogP contribution < -0.4 is 10.6 Å². The van der Waals surface area contributed by atoms with Crippen molar-refractivity contribution >= 4 is 32.7 Å².